The SMILES string of the molecule is CCc1nc2c(N)ccnc2o1. The van der Waals surface area contributed by atoms with Crippen LogP contribution < -0.4 is 5.73 Å². The van der Waals surface area contributed by atoms with Crippen LogP contribution in [0.15, 0.2) is 16.7 Å². The number of aromatic nitrogens is 2. The van der Waals surface area contributed by atoms with E-state index in [1.807, 2.05) is 6.92 Å². The lowest BCUT2D eigenvalue weighted by atomic mass is 10.4. The van der Waals surface area contributed by atoms with Gasteiger partial charge in [0.05, 0.1) is 5.69 Å². The first-order valence-electron chi connectivity index (χ1n) is 3.81. The van der Waals surface area contributed by atoms with Crippen molar-refractivity contribution in [3.63, 3.8) is 0 Å². The number of oxazole rings is 1. The lowest BCUT2D eigenvalue weighted by Crippen LogP contribution is -1.87. The monoisotopic (exact) mass is 163 g/mol. The highest BCUT2D eigenvalue weighted by Crippen LogP contribution is 2.18. The van der Waals surface area contributed by atoms with Gasteiger partial charge in [0.15, 0.2) is 11.4 Å². The molecule has 0 bridgehead atoms. The maximum Gasteiger partial charge on any atom is 0.249 e. The fourth-order valence-electron chi connectivity index (χ4n) is 1.05. The van der Waals surface area contributed by atoms with Gasteiger partial charge in [-0.15, -0.1) is 0 Å². The predicted molar refractivity (Wildman–Crippen MR) is 45.6 cm³/mol. The normalized spacial score (nSPS) is 10.8. The minimum absolute atomic E-state index is 0.520. The molecule has 4 heteroatoms. The molecule has 0 fully saturated rings. The van der Waals surface area contributed by atoms with Gasteiger partial charge in [-0.25, -0.2) is 9.97 Å². The third-order valence-electron chi connectivity index (χ3n) is 1.68. The van der Waals surface area contributed by atoms with Gasteiger partial charge in [0, 0.05) is 12.6 Å². The minimum Gasteiger partial charge on any atom is -0.422 e. The summed E-state index contributed by atoms with van der Waals surface area (Å²) in [5.74, 6) is 0.676. The zero-order valence-electron chi connectivity index (χ0n) is 6.74. The number of fused-ring (bicyclic) bond motifs is 1. The summed E-state index contributed by atoms with van der Waals surface area (Å²) in [5, 5.41) is 0. The summed E-state index contributed by atoms with van der Waals surface area (Å²) in [6.45, 7) is 1.97. The summed E-state index contributed by atoms with van der Waals surface area (Å²) in [6, 6.07) is 1.71. The van der Waals surface area contributed by atoms with Gasteiger partial charge in [-0.05, 0) is 6.07 Å². The molecule has 2 heterocycles. The second-order valence-corrected chi connectivity index (χ2v) is 2.52. The molecule has 0 aliphatic carbocycles. The molecular formula is C8H9N3O. The molecule has 62 valence electrons. The van der Waals surface area contributed by atoms with E-state index >= 15 is 0 Å². The summed E-state index contributed by atoms with van der Waals surface area (Å²) < 4.78 is 5.30. The van der Waals surface area contributed by atoms with Crippen LogP contribution in [0.1, 0.15) is 12.8 Å². The van der Waals surface area contributed by atoms with Crippen molar-refractivity contribution in [3.05, 3.63) is 18.2 Å². The molecule has 0 aromatic carbocycles. The molecule has 4 nitrogen and oxygen atoms in total. The highest BCUT2D eigenvalue weighted by Gasteiger charge is 2.06. The first-order valence-corrected chi connectivity index (χ1v) is 3.81. The van der Waals surface area contributed by atoms with Crippen molar-refractivity contribution in [1.29, 1.82) is 0 Å². The molecule has 0 aliphatic rings. The van der Waals surface area contributed by atoms with E-state index in [1.54, 1.807) is 12.3 Å². The summed E-state index contributed by atoms with van der Waals surface area (Å²) >= 11 is 0. The maximum absolute atomic E-state index is 5.66. The van der Waals surface area contributed by atoms with E-state index in [0.29, 0.717) is 22.8 Å². The van der Waals surface area contributed by atoms with Crippen LogP contribution in [0.4, 0.5) is 5.69 Å². The van der Waals surface area contributed by atoms with Crippen LogP contribution in [0.25, 0.3) is 11.2 Å². The molecule has 2 rings (SSSR count). The van der Waals surface area contributed by atoms with Gasteiger partial charge in [0.1, 0.15) is 0 Å². The Morgan fingerprint density at radius 3 is 3.08 bits per heavy atom. The molecule has 0 radical (unpaired) electrons. The zero-order valence-corrected chi connectivity index (χ0v) is 6.74. The van der Waals surface area contributed by atoms with Gasteiger partial charge in [0.25, 0.3) is 0 Å². The third kappa shape index (κ3) is 0.922. The van der Waals surface area contributed by atoms with E-state index in [-0.39, 0.29) is 0 Å². The summed E-state index contributed by atoms with van der Waals surface area (Å²) in [6.07, 6.45) is 2.37. The molecule has 12 heavy (non-hydrogen) atoms. The van der Waals surface area contributed by atoms with Crippen molar-refractivity contribution >= 4 is 16.9 Å². The van der Waals surface area contributed by atoms with E-state index in [1.165, 1.54) is 0 Å². The van der Waals surface area contributed by atoms with E-state index in [9.17, 15) is 0 Å². The van der Waals surface area contributed by atoms with Crippen LogP contribution >= 0.6 is 0 Å². The van der Waals surface area contributed by atoms with Crippen molar-refractivity contribution in [3.8, 4) is 0 Å². The molecule has 2 aromatic heterocycles. The Kier molecular flexibility index (Phi) is 1.46. The standard InChI is InChI=1S/C8H9N3O/c1-2-6-11-7-5(9)3-4-10-8(7)12-6/h3-4H,2H2,1H3,(H2,9,10). The molecule has 0 atom stereocenters. The number of aryl methyl sites for hydroxylation is 1. The van der Waals surface area contributed by atoms with Gasteiger partial charge in [-0.3, -0.25) is 0 Å². The van der Waals surface area contributed by atoms with Crippen LogP contribution in [-0.4, -0.2) is 9.97 Å². The molecule has 2 N–H and O–H groups in total. The Labute approximate surface area is 69.4 Å². The summed E-state index contributed by atoms with van der Waals surface area (Å²) in [5.41, 5.74) is 7.46. The fourth-order valence-corrected chi connectivity index (χ4v) is 1.05. The molecule has 0 saturated carbocycles. The number of nitrogens with zero attached hydrogens (tertiary/aromatic N) is 2. The highest BCUT2D eigenvalue weighted by molar-refractivity contribution is 5.81. The summed E-state index contributed by atoms with van der Waals surface area (Å²) in [4.78, 5) is 8.18. The van der Waals surface area contributed by atoms with Gasteiger partial charge in [0.2, 0.25) is 5.71 Å². The van der Waals surface area contributed by atoms with E-state index in [4.69, 9.17) is 10.2 Å². The zero-order chi connectivity index (χ0) is 8.55. The van der Waals surface area contributed by atoms with Gasteiger partial charge in [-0.1, -0.05) is 6.92 Å². The van der Waals surface area contributed by atoms with Crippen LogP contribution in [0.3, 0.4) is 0 Å². The second-order valence-electron chi connectivity index (χ2n) is 2.52. The number of hydrogen-bond donors (Lipinski definition) is 1. The molecule has 0 amide bonds. The molecule has 0 spiro atoms. The summed E-state index contributed by atoms with van der Waals surface area (Å²) in [7, 11) is 0. The molecule has 0 aliphatic heterocycles. The van der Waals surface area contributed by atoms with Crippen LogP contribution in [0.2, 0.25) is 0 Å². The van der Waals surface area contributed by atoms with Crippen molar-refractivity contribution < 1.29 is 4.42 Å². The van der Waals surface area contributed by atoms with Gasteiger partial charge in [-0.2, -0.15) is 0 Å². The third-order valence-corrected chi connectivity index (χ3v) is 1.68. The first kappa shape index (κ1) is 7.09. The quantitative estimate of drug-likeness (QED) is 0.689. The van der Waals surface area contributed by atoms with Gasteiger partial charge < -0.3 is 10.2 Å². The smallest absolute Gasteiger partial charge is 0.249 e. The number of nitrogens with two attached hydrogens (primary N) is 1. The number of rotatable bonds is 1. The molecule has 0 unspecified atom stereocenters. The Hall–Kier alpha value is -1.58. The lowest BCUT2D eigenvalue weighted by molar-refractivity contribution is 0.529. The fraction of sp³-hybridized carbons (Fsp3) is 0.250. The van der Waals surface area contributed by atoms with E-state index < -0.39 is 0 Å². The Bertz CT molecular complexity index is 408. The first-order chi connectivity index (χ1) is 5.81. The van der Waals surface area contributed by atoms with Crippen LogP contribution in [0, 0.1) is 0 Å². The van der Waals surface area contributed by atoms with Crippen molar-refractivity contribution in [2.45, 2.75) is 13.3 Å². The van der Waals surface area contributed by atoms with Crippen LogP contribution in [0.5, 0.6) is 0 Å². The van der Waals surface area contributed by atoms with Crippen LogP contribution in [-0.2, 0) is 6.42 Å². The Balaban J connectivity index is 2.74. The molecule has 2 aromatic rings. The largest absolute Gasteiger partial charge is 0.422 e. The Morgan fingerprint density at radius 2 is 2.42 bits per heavy atom. The number of anilines is 1. The molecular weight excluding hydrogens is 154 g/mol. The number of nitrogen functional groups attached to an aromatic ring is 1. The lowest BCUT2D eigenvalue weighted by Gasteiger charge is -1.88. The average molecular weight is 163 g/mol. The van der Waals surface area contributed by atoms with Gasteiger partial charge >= 0.3 is 0 Å². The number of hydrogen-bond acceptors (Lipinski definition) is 4. The van der Waals surface area contributed by atoms with Crippen molar-refractivity contribution in [1.82, 2.24) is 9.97 Å². The van der Waals surface area contributed by atoms with E-state index in [0.717, 1.165) is 6.42 Å². The average Bonchev–Trinajstić information content (AvgIpc) is 2.49. The predicted octanol–water partition coefficient (Wildman–Crippen LogP) is 1.37. The maximum atomic E-state index is 5.66. The van der Waals surface area contributed by atoms with Crippen molar-refractivity contribution in [2.75, 3.05) is 5.73 Å². The Morgan fingerprint density at radius 1 is 1.58 bits per heavy atom. The second kappa shape index (κ2) is 2.48. The topological polar surface area (TPSA) is 64.9 Å². The van der Waals surface area contributed by atoms with Crippen molar-refractivity contribution in [2.24, 2.45) is 0 Å². The number of pyridine rings is 1. The molecule has 0 saturated heterocycles. The highest BCUT2D eigenvalue weighted by atomic mass is 16.4. The minimum atomic E-state index is 0.520. The van der Waals surface area contributed by atoms with E-state index in [2.05, 4.69) is 9.97 Å².